The lowest BCUT2D eigenvalue weighted by atomic mass is 9.58. The molecule has 5 unspecified atom stereocenters. The third-order valence-corrected chi connectivity index (χ3v) is 5.68. The van der Waals surface area contributed by atoms with Gasteiger partial charge in [-0.05, 0) is 61.2 Å². The van der Waals surface area contributed by atoms with E-state index in [1.165, 1.54) is 32.1 Å². The molecular weight excluding hydrogens is 168 g/mol. The SMILES string of the molecule is C=C(CC)C1CC2CCC1C1CC21C. The van der Waals surface area contributed by atoms with Crippen molar-refractivity contribution in [2.24, 2.45) is 29.1 Å². The first-order chi connectivity index (χ1) is 6.66. The van der Waals surface area contributed by atoms with E-state index in [1.807, 2.05) is 0 Å². The molecule has 4 aliphatic carbocycles. The fourth-order valence-corrected chi connectivity index (χ4v) is 4.53. The molecule has 0 aromatic carbocycles. The first kappa shape index (κ1) is 9.00. The Morgan fingerprint density at radius 2 is 2.21 bits per heavy atom. The third-order valence-electron chi connectivity index (χ3n) is 5.68. The van der Waals surface area contributed by atoms with Gasteiger partial charge in [0.15, 0.2) is 0 Å². The third kappa shape index (κ3) is 0.951. The standard InChI is InChI=1S/C14H22/c1-4-9(2)12-7-10-5-6-11(12)13-8-14(10,13)3/h10-13H,2,4-8H2,1,3H3. The molecule has 0 heteroatoms. The maximum atomic E-state index is 4.29. The van der Waals surface area contributed by atoms with Crippen molar-refractivity contribution in [2.75, 3.05) is 0 Å². The molecular formula is C14H22. The Kier molecular flexibility index (Phi) is 1.70. The van der Waals surface area contributed by atoms with Crippen molar-refractivity contribution in [3.8, 4) is 0 Å². The van der Waals surface area contributed by atoms with Gasteiger partial charge in [0.25, 0.3) is 0 Å². The molecule has 0 radical (unpaired) electrons. The second-order valence-electron chi connectivity index (χ2n) is 6.11. The van der Waals surface area contributed by atoms with Crippen molar-refractivity contribution in [3.63, 3.8) is 0 Å². The van der Waals surface area contributed by atoms with Crippen molar-refractivity contribution in [1.82, 2.24) is 0 Å². The predicted octanol–water partition coefficient (Wildman–Crippen LogP) is 4.02. The van der Waals surface area contributed by atoms with Crippen LogP contribution < -0.4 is 0 Å². The Morgan fingerprint density at radius 1 is 1.43 bits per heavy atom. The maximum Gasteiger partial charge on any atom is -0.0172 e. The molecule has 4 aliphatic rings. The zero-order chi connectivity index (χ0) is 9.92. The van der Waals surface area contributed by atoms with Crippen LogP contribution in [0.1, 0.15) is 46.0 Å². The van der Waals surface area contributed by atoms with Gasteiger partial charge in [-0.1, -0.05) is 26.0 Å². The fraction of sp³-hybridized carbons (Fsp3) is 0.857. The zero-order valence-corrected chi connectivity index (χ0v) is 9.55. The molecule has 0 N–H and O–H groups in total. The molecule has 4 rings (SSSR count). The lowest BCUT2D eigenvalue weighted by molar-refractivity contribution is 0.0576. The lowest BCUT2D eigenvalue weighted by Crippen LogP contribution is -2.38. The summed E-state index contributed by atoms with van der Waals surface area (Å²) in [5.41, 5.74) is 2.33. The topological polar surface area (TPSA) is 0 Å². The van der Waals surface area contributed by atoms with Crippen LogP contribution in [0.5, 0.6) is 0 Å². The monoisotopic (exact) mass is 190 g/mol. The number of hydrogen-bond donors (Lipinski definition) is 0. The van der Waals surface area contributed by atoms with Crippen LogP contribution in [0.15, 0.2) is 12.2 Å². The second-order valence-corrected chi connectivity index (χ2v) is 6.11. The van der Waals surface area contributed by atoms with E-state index in [-0.39, 0.29) is 0 Å². The van der Waals surface area contributed by atoms with Crippen molar-refractivity contribution in [3.05, 3.63) is 12.2 Å². The molecule has 0 nitrogen and oxygen atoms in total. The summed E-state index contributed by atoms with van der Waals surface area (Å²) >= 11 is 0. The molecule has 0 spiro atoms. The smallest absolute Gasteiger partial charge is 0.0172 e. The van der Waals surface area contributed by atoms with Gasteiger partial charge in [0.05, 0.1) is 0 Å². The quantitative estimate of drug-likeness (QED) is 0.577. The minimum Gasteiger partial charge on any atom is -0.0996 e. The van der Waals surface area contributed by atoms with Gasteiger partial charge in [0.1, 0.15) is 0 Å². The van der Waals surface area contributed by atoms with Gasteiger partial charge >= 0.3 is 0 Å². The highest BCUT2D eigenvalue weighted by atomic mass is 14.7. The summed E-state index contributed by atoms with van der Waals surface area (Å²) in [7, 11) is 0. The fourth-order valence-electron chi connectivity index (χ4n) is 4.53. The molecule has 78 valence electrons. The van der Waals surface area contributed by atoms with Gasteiger partial charge in [0.2, 0.25) is 0 Å². The van der Waals surface area contributed by atoms with Crippen LogP contribution in [-0.4, -0.2) is 0 Å². The van der Waals surface area contributed by atoms with Crippen LogP contribution in [0, 0.1) is 29.1 Å². The average Bonchev–Trinajstić information content (AvgIpc) is 2.92. The van der Waals surface area contributed by atoms with Gasteiger partial charge in [-0.2, -0.15) is 0 Å². The van der Waals surface area contributed by atoms with E-state index in [1.54, 1.807) is 5.57 Å². The summed E-state index contributed by atoms with van der Waals surface area (Å²) in [6.07, 6.45) is 7.25. The van der Waals surface area contributed by atoms with Crippen LogP contribution in [0.25, 0.3) is 0 Å². The Bertz CT molecular complexity index is 278. The van der Waals surface area contributed by atoms with E-state index < -0.39 is 0 Å². The van der Waals surface area contributed by atoms with E-state index in [4.69, 9.17) is 0 Å². The second kappa shape index (κ2) is 2.65. The van der Waals surface area contributed by atoms with Crippen molar-refractivity contribution in [1.29, 1.82) is 0 Å². The molecule has 5 atom stereocenters. The minimum absolute atomic E-state index is 0.785. The van der Waals surface area contributed by atoms with Gasteiger partial charge in [-0.3, -0.25) is 0 Å². The number of hydrogen-bond acceptors (Lipinski definition) is 0. The first-order valence-electron chi connectivity index (χ1n) is 6.34. The van der Waals surface area contributed by atoms with Crippen LogP contribution in [0.4, 0.5) is 0 Å². The van der Waals surface area contributed by atoms with Crippen molar-refractivity contribution in [2.45, 2.75) is 46.0 Å². The molecule has 0 heterocycles. The number of rotatable bonds is 2. The van der Waals surface area contributed by atoms with Gasteiger partial charge in [-0.15, -0.1) is 0 Å². The Balaban J connectivity index is 1.84. The molecule has 0 amide bonds. The Hall–Kier alpha value is -0.260. The van der Waals surface area contributed by atoms with E-state index in [2.05, 4.69) is 20.4 Å². The summed E-state index contributed by atoms with van der Waals surface area (Å²) < 4.78 is 0. The summed E-state index contributed by atoms with van der Waals surface area (Å²) in [6.45, 7) is 9.11. The molecule has 4 fully saturated rings. The van der Waals surface area contributed by atoms with Crippen molar-refractivity contribution < 1.29 is 0 Å². The van der Waals surface area contributed by atoms with Crippen LogP contribution in [0.3, 0.4) is 0 Å². The van der Waals surface area contributed by atoms with E-state index in [9.17, 15) is 0 Å². The summed E-state index contributed by atoms with van der Waals surface area (Å²) in [6, 6.07) is 0. The van der Waals surface area contributed by atoms with Gasteiger partial charge in [0, 0.05) is 0 Å². The molecule has 0 aromatic heterocycles. The Labute approximate surface area is 87.8 Å². The average molecular weight is 190 g/mol. The summed E-state index contributed by atoms with van der Waals surface area (Å²) in [5.74, 6) is 4.06. The number of allylic oxidation sites excluding steroid dienone is 1. The highest BCUT2D eigenvalue weighted by Crippen LogP contribution is 2.73. The number of fused-ring (bicyclic) bond motifs is 2. The Morgan fingerprint density at radius 3 is 2.86 bits per heavy atom. The molecule has 0 aromatic rings. The molecule has 0 aliphatic heterocycles. The van der Waals surface area contributed by atoms with Crippen molar-refractivity contribution >= 4 is 0 Å². The highest BCUT2D eigenvalue weighted by Gasteiger charge is 2.65. The predicted molar refractivity (Wildman–Crippen MR) is 60.0 cm³/mol. The van der Waals surface area contributed by atoms with E-state index >= 15 is 0 Å². The maximum absolute atomic E-state index is 4.29. The first-order valence-corrected chi connectivity index (χ1v) is 6.34. The summed E-state index contributed by atoms with van der Waals surface area (Å²) in [4.78, 5) is 0. The lowest BCUT2D eigenvalue weighted by Gasteiger charge is -2.46. The molecule has 2 bridgehead atoms. The van der Waals surface area contributed by atoms with E-state index in [0.717, 1.165) is 29.1 Å². The zero-order valence-electron chi connectivity index (χ0n) is 9.55. The van der Waals surface area contributed by atoms with Gasteiger partial charge in [-0.25, -0.2) is 0 Å². The molecule has 0 saturated heterocycles. The van der Waals surface area contributed by atoms with E-state index in [0.29, 0.717) is 0 Å². The van der Waals surface area contributed by atoms with Crippen LogP contribution in [0.2, 0.25) is 0 Å². The molecule has 14 heavy (non-hydrogen) atoms. The van der Waals surface area contributed by atoms with Gasteiger partial charge < -0.3 is 0 Å². The largest absolute Gasteiger partial charge is 0.0996 e. The molecule has 4 saturated carbocycles. The highest BCUT2D eigenvalue weighted by molar-refractivity contribution is 5.19. The van der Waals surface area contributed by atoms with Crippen LogP contribution in [-0.2, 0) is 0 Å². The normalized spacial score (nSPS) is 54.1. The minimum atomic E-state index is 0.785. The summed E-state index contributed by atoms with van der Waals surface area (Å²) in [5, 5.41) is 0. The van der Waals surface area contributed by atoms with Crippen LogP contribution >= 0.6 is 0 Å².